The smallest absolute Gasteiger partial charge is 0.419 e. The van der Waals surface area contributed by atoms with E-state index in [1.165, 1.54) is 18.2 Å². The van der Waals surface area contributed by atoms with Gasteiger partial charge in [-0.2, -0.15) is 18.3 Å². The summed E-state index contributed by atoms with van der Waals surface area (Å²) < 4.78 is 45.2. The van der Waals surface area contributed by atoms with E-state index in [1.807, 2.05) is 19.9 Å². The van der Waals surface area contributed by atoms with Crippen LogP contribution in [0.1, 0.15) is 17.0 Å². The molecule has 0 unspecified atom stereocenters. The number of aliphatic hydroxyl groups excluding tert-OH is 1. The van der Waals surface area contributed by atoms with Crippen LogP contribution < -0.4 is 4.74 Å². The van der Waals surface area contributed by atoms with Gasteiger partial charge in [0.05, 0.1) is 17.8 Å². The number of nitrogens with zero attached hydrogens (tertiary/aromatic N) is 2. The molecule has 1 aromatic carbocycles. The minimum absolute atomic E-state index is 0.161. The number of para-hydroxylation sites is 1. The SMILES string of the molecule is Cc1cc(C)n(C[C@@H](O)COc2ccccc2C(F)(F)F)n1. The first kappa shape index (κ1) is 16.4. The molecule has 1 N–H and O–H groups in total. The molecule has 0 aliphatic carbocycles. The zero-order valence-electron chi connectivity index (χ0n) is 12.3. The molecule has 7 heteroatoms. The number of ether oxygens (including phenoxy) is 1. The van der Waals surface area contributed by atoms with Crippen LogP contribution >= 0.6 is 0 Å². The molecule has 1 atom stereocenters. The van der Waals surface area contributed by atoms with E-state index >= 15 is 0 Å². The van der Waals surface area contributed by atoms with Crippen molar-refractivity contribution < 1.29 is 23.0 Å². The predicted molar refractivity (Wildman–Crippen MR) is 74.6 cm³/mol. The molecule has 2 rings (SSSR count). The van der Waals surface area contributed by atoms with Gasteiger partial charge in [0.2, 0.25) is 0 Å². The maximum absolute atomic E-state index is 12.8. The van der Waals surface area contributed by atoms with Crippen molar-refractivity contribution in [2.75, 3.05) is 6.61 Å². The molecule has 0 spiro atoms. The molecule has 0 aliphatic rings. The van der Waals surface area contributed by atoms with Crippen LogP contribution in [0.25, 0.3) is 0 Å². The summed E-state index contributed by atoms with van der Waals surface area (Å²) in [4.78, 5) is 0. The monoisotopic (exact) mass is 314 g/mol. The second-order valence-electron chi connectivity index (χ2n) is 5.07. The Hall–Kier alpha value is -2.02. The first-order chi connectivity index (χ1) is 10.3. The Morgan fingerprint density at radius 3 is 2.55 bits per heavy atom. The highest BCUT2D eigenvalue weighted by Crippen LogP contribution is 2.35. The van der Waals surface area contributed by atoms with Crippen molar-refractivity contribution in [1.29, 1.82) is 0 Å². The number of hydrogen-bond acceptors (Lipinski definition) is 3. The zero-order valence-corrected chi connectivity index (χ0v) is 12.3. The minimum atomic E-state index is -4.49. The van der Waals surface area contributed by atoms with E-state index in [9.17, 15) is 18.3 Å². The van der Waals surface area contributed by atoms with Crippen LogP contribution in [0.15, 0.2) is 30.3 Å². The summed E-state index contributed by atoms with van der Waals surface area (Å²) in [7, 11) is 0. The molecule has 0 aliphatic heterocycles. The van der Waals surface area contributed by atoms with Gasteiger partial charge in [-0.15, -0.1) is 0 Å². The van der Waals surface area contributed by atoms with Crippen LogP contribution in [-0.2, 0) is 12.7 Å². The van der Waals surface area contributed by atoms with Crippen LogP contribution in [0.2, 0.25) is 0 Å². The number of aliphatic hydroxyl groups is 1. The van der Waals surface area contributed by atoms with E-state index in [-0.39, 0.29) is 18.9 Å². The molecule has 0 fully saturated rings. The summed E-state index contributed by atoms with van der Waals surface area (Å²) in [5, 5.41) is 14.1. The van der Waals surface area contributed by atoms with E-state index in [0.29, 0.717) is 0 Å². The van der Waals surface area contributed by atoms with Crippen LogP contribution in [0.4, 0.5) is 13.2 Å². The first-order valence-electron chi connectivity index (χ1n) is 6.75. The summed E-state index contributed by atoms with van der Waals surface area (Å²) >= 11 is 0. The van der Waals surface area contributed by atoms with Gasteiger partial charge in [-0.1, -0.05) is 12.1 Å². The van der Waals surface area contributed by atoms with Gasteiger partial charge in [-0.3, -0.25) is 4.68 Å². The summed E-state index contributed by atoms with van der Waals surface area (Å²) in [6.45, 7) is 3.58. The lowest BCUT2D eigenvalue weighted by molar-refractivity contribution is -0.139. The Bertz CT molecular complexity index is 638. The summed E-state index contributed by atoms with van der Waals surface area (Å²) in [6.07, 6.45) is -5.45. The van der Waals surface area contributed by atoms with E-state index in [4.69, 9.17) is 4.74 Å². The van der Waals surface area contributed by atoms with Gasteiger partial charge in [0, 0.05) is 5.69 Å². The van der Waals surface area contributed by atoms with Crippen LogP contribution in [0.3, 0.4) is 0 Å². The third kappa shape index (κ3) is 4.00. The van der Waals surface area contributed by atoms with Crippen LogP contribution in [0, 0.1) is 13.8 Å². The Balaban J connectivity index is 2.00. The molecule has 0 saturated heterocycles. The lowest BCUT2D eigenvalue weighted by Gasteiger charge is -2.16. The highest BCUT2D eigenvalue weighted by molar-refractivity contribution is 5.35. The fourth-order valence-electron chi connectivity index (χ4n) is 2.12. The Kier molecular flexibility index (Phi) is 4.75. The Labute approximate surface area is 126 Å². The number of hydrogen-bond donors (Lipinski definition) is 1. The minimum Gasteiger partial charge on any atom is -0.490 e. The third-order valence-electron chi connectivity index (χ3n) is 3.11. The van der Waals surface area contributed by atoms with E-state index < -0.39 is 17.8 Å². The summed E-state index contributed by atoms with van der Waals surface area (Å²) in [6, 6.07) is 6.79. The molecule has 0 radical (unpaired) electrons. The normalized spacial score (nSPS) is 13.2. The molecular weight excluding hydrogens is 297 g/mol. The fourth-order valence-corrected chi connectivity index (χ4v) is 2.12. The van der Waals surface area contributed by atoms with Crippen molar-refractivity contribution in [2.24, 2.45) is 0 Å². The fraction of sp³-hybridized carbons (Fsp3) is 0.400. The highest BCUT2D eigenvalue weighted by Gasteiger charge is 2.34. The van der Waals surface area contributed by atoms with Gasteiger partial charge in [0.25, 0.3) is 0 Å². The largest absolute Gasteiger partial charge is 0.490 e. The second-order valence-corrected chi connectivity index (χ2v) is 5.07. The van der Waals surface area contributed by atoms with Gasteiger partial charge in [0.1, 0.15) is 18.5 Å². The number of aryl methyl sites for hydroxylation is 2. The van der Waals surface area contributed by atoms with Crippen LogP contribution in [-0.4, -0.2) is 27.6 Å². The Morgan fingerprint density at radius 2 is 1.95 bits per heavy atom. The topological polar surface area (TPSA) is 47.3 Å². The molecular formula is C15H17F3N2O2. The molecule has 0 saturated carbocycles. The van der Waals surface area contributed by atoms with Gasteiger partial charge in [0.15, 0.2) is 0 Å². The maximum atomic E-state index is 12.8. The van der Waals surface area contributed by atoms with Crippen molar-refractivity contribution in [3.63, 3.8) is 0 Å². The molecule has 0 amide bonds. The standard InChI is InChI=1S/C15H17F3N2O2/c1-10-7-11(2)20(19-10)8-12(21)9-22-14-6-4-3-5-13(14)15(16,17)18/h3-7,12,21H,8-9H2,1-2H3/t12-/m1/s1. The van der Waals surface area contributed by atoms with Crippen molar-refractivity contribution in [3.05, 3.63) is 47.3 Å². The second kappa shape index (κ2) is 6.39. The molecule has 2 aromatic rings. The predicted octanol–water partition coefficient (Wildman–Crippen LogP) is 2.96. The molecule has 0 bridgehead atoms. The first-order valence-corrected chi connectivity index (χ1v) is 6.75. The van der Waals surface area contributed by atoms with E-state index in [1.54, 1.807) is 4.68 Å². The maximum Gasteiger partial charge on any atom is 0.419 e. The average molecular weight is 314 g/mol. The van der Waals surface area contributed by atoms with Crippen molar-refractivity contribution in [1.82, 2.24) is 9.78 Å². The van der Waals surface area contributed by atoms with Gasteiger partial charge in [-0.25, -0.2) is 0 Å². The van der Waals surface area contributed by atoms with E-state index in [0.717, 1.165) is 17.5 Å². The number of halogens is 3. The highest BCUT2D eigenvalue weighted by atomic mass is 19.4. The lowest BCUT2D eigenvalue weighted by atomic mass is 10.2. The number of rotatable bonds is 5. The molecule has 22 heavy (non-hydrogen) atoms. The molecule has 1 aromatic heterocycles. The summed E-state index contributed by atoms with van der Waals surface area (Å²) in [5.41, 5.74) is 0.827. The quantitative estimate of drug-likeness (QED) is 0.923. The average Bonchev–Trinajstić information content (AvgIpc) is 2.74. The zero-order chi connectivity index (χ0) is 16.3. The van der Waals surface area contributed by atoms with Crippen LogP contribution in [0.5, 0.6) is 5.75 Å². The summed E-state index contributed by atoms with van der Waals surface area (Å²) in [5.74, 6) is -0.289. The van der Waals surface area contributed by atoms with Gasteiger partial charge >= 0.3 is 6.18 Å². The molecule has 120 valence electrons. The third-order valence-corrected chi connectivity index (χ3v) is 3.11. The van der Waals surface area contributed by atoms with Crippen molar-refractivity contribution in [2.45, 2.75) is 32.7 Å². The molecule has 4 nitrogen and oxygen atoms in total. The van der Waals surface area contributed by atoms with Crippen molar-refractivity contribution in [3.8, 4) is 5.75 Å². The number of alkyl halides is 3. The lowest BCUT2D eigenvalue weighted by Crippen LogP contribution is -2.25. The van der Waals surface area contributed by atoms with Crippen molar-refractivity contribution >= 4 is 0 Å². The van der Waals surface area contributed by atoms with Gasteiger partial charge < -0.3 is 9.84 Å². The molecule has 1 heterocycles. The number of benzene rings is 1. The van der Waals surface area contributed by atoms with Gasteiger partial charge in [-0.05, 0) is 32.0 Å². The Morgan fingerprint density at radius 1 is 1.27 bits per heavy atom. The van der Waals surface area contributed by atoms with E-state index in [2.05, 4.69) is 5.10 Å². The number of aromatic nitrogens is 2.